The van der Waals surface area contributed by atoms with Crippen molar-refractivity contribution in [2.75, 3.05) is 7.11 Å². The van der Waals surface area contributed by atoms with Gasteiger partial charge in [-0.25, -0.2) is 0 Å². The van der Waals surface area contributed by atoms with Gasteiger partial charge >= 0.3 is 10.1 Å². The van der Waals surface area contributed by atoms with Crippen LogP contribution in [0.4, 0.5) is 0 Å². The SMILES string of the molecule is COc1c(-c2c(S(=O)(=O)O)[nH]c3ccccc3c2=O)cc(C)c(S(=O)(=O)O)c1O. The first kappa shape index (κ1) is 20.8. The molecule has 0 aliphatic carbocycles. The molecule has 2 aromatic carbocycles. The van der Waals surface area contributed by atoms with Crippen molar-refractivity contribution in [3.05, 3.63) is 46.1 Å². The number of aromatic nitrogens is 1. The number of H-pyrrole nitrogens is 1. The number of phenolic OH excluding ortho intramolecular Hbond substituents is 1. The first-order chi connectivity index (χ1) is 13.4. The van der Waals surface area contributed by atoms with E-state index in [1.54, 1.807) is 6.07 Å². The average molecular weight is 441 g/mol. The number of aryl methyl sites for hydroxylation is 1. The van der Waals surface area contributed by atoms with Crippen LogP contribution in [0.1, 0.15) is 5.56 Å². The second kappa shape index (κ2) is 6.84. The molecule has 0 aliphatic rings. The van der Waals surface area contributed by atoms with Gasteiger partial charge in [0.25, 0.3) is 10.1 Å². The largest absolute Gasteiger partial charge is 0.503 e. The van der Waals surface area contributed by atoms with E-state index in [1.807, 2.05) is 0 Å². The monoisotopic (exact) mass is 441 g/mol. The van der Waals surface area contributed by atoms with E-state index in [0.29, 0.717) is 0 Å². The Bertz CT molecular complexity index is 1420. The average Bonchev–Trinajstić information content (AvgIpc) is 2.59. The van der Waals surface area contributed by atoms with Crippen molar-refractivity contribution >= 4 is 31.1 Å². The van der Waals surface area contributed by atoms with Crippen molar-refractivity contribution in [1.29, 1.82) is 0 Å². The molecule has 1 aromatic heterocycles. The number of benzene rings is 2. The molecule has 1 heterocycles. The summed E-state index contributed by atoms with van der Waals surface area (Å²) in [6, 6.07) is 6.97. The highest BCUT2D eigenvalue weighted by Crippen LogP contribution is 2.44. The fourth-order valence-electron chi connectivity index (χ4n) is 3.13. The van der Waals surface area contributed by atoms with Gasteiger partial charge in [0.15, 0.2) is 22.0 Å². The Kier molecular flexibility index (Phi) is 4.91. The fourth-order valence-corrected chi connectivity index (χ4v) is 4.64. The summed E-state index contributed by atoms with van der Waals surface area (Å²) < 4.78 is 71.1. The number of aromatic amines is 1. The highest BCUT2D eigenvalue weighted by molar-refractivity contribution is 7.86. The second-order valence-corrected chi connectivity index (χ2v) is 8.82. The van der Waals surface area contributed by atoms with Gasteiger partial charge in [-0.05, 0) is 30.7 Å². The molecule has 12 heteroatoms. The molecule has 0 fully saturated rings. The van der Waals surface area contributed by atoms with Crippen LogP contribution in [-0.4, -0.2) is 43.1 Å². The molecule has 0 amide bonds. The Labute approximate surface area is 164 Å². The van der Waals surface area contributed by atoms with Gasteiger partial charge in [0.1, 0.15) is 4.90 Å². The van der Waals surface area contributed by atoms with Crippen LogP contribution in [0.3, 0.4) is 0 Å². The molecule has 4 N–H and O–H groups in total. The van der Waals surface area contributed by atoms with Gasteiger partial charge < -0.3 is 14.8 Å². The second-order valence-electron chi connectivity index (χ2n) is 6.11. The van der Waals surface area contributed by atoms with Gasteiger partial charge in [-0.3, -0.25) is 13.9 Å². The van der Waals surface area contributed by atoms with Crippen LogP contribution < -0.4 is 10.2 Å². The highest BCUT2D eigenvalue weighted by Gasteiger charge is 2.30. The quantitative estimate of drug-likeness (QED) is 0.440. The first-order valence-electron chi connectivity index (χ1n) is 7.88. The maximum Gasteiger partial charge on any atom is 0.310 e. The number of hydrogen-bond donors (Lipinski definition) is 4. The Morgan fingerprint density at radius 1 is 1.03 bits per heavy atom. The van der Waals surface area contributed by atoms with E-state index in [4.69, 9.17) is 4.74 Å². The molecule has 0 unspecified atom stereocenters. The first-order valence-corrected chi connectivity index (χ1v) is 10.8. The van der Waals surface area contributed by atoms with Gasteiger partial charge in [-0.2, -0.15) is 16.8 Å². The molecule has 0 atom stereocenters. The van der Waals surface area contributed by atoms with Crippen molar-refractivity contribution in [1.82, 2.24) is 4.98 Å². The number of para-hydroxylation sites is 1. The smallest absolute Gasteiger partial charge is 0.310 e. The Hall–Kier alpha value is -2.93. The van der Waals surface area contributed by atoms with Crippen LogP contribution in [0.25, 0.3) is 22.0 Å². The van der Waals surface area contributed by atoms with E-state index in [0.717, 1.165) is 13.2 Å². The molecule has 0 spiro atoms. The predicted octanol–water partition coefficient (Wildman–Crippen LogP) is 1.71. The summed E-state index contributed by atoms with van der Waals surface area (Å²) in [7, 11) is -8.76. The van der Waals surface area contributed by atoms with E-state index >= 15 is 0 Å². The van der Waals surface area contributed by atoms with Crippen LogP contribution in [-0.2, 0) is 20.2 Å². The van der Waals surface area contributed by atoms with Gasteiger partial charge in [0.2, 0.25) is 0 Å². The topological polar surface area (TPSA) is 171 Å². The van der Waals surface area contributed by atoms with E-state index in [9.17, 15) is 35.8 Å². The summed E-state index contributed by atoms with van der Waals surface area (Å²) >= 11 is 0. The zero-order valence-electron chi connectivity index (χ0n) is 15.0. The summed E-state index contributed by atoms with van der Waals surface area (Å²) in [5.74, 6) is -1.59. The molecule has 0 aliphatic heterocycles. The summed E-state index contributed by atoms with van der Waals surface area (Å²) in [6.45, 7) is 1.22. The lowest BCUT2D eigenvalue weighted by Gasteiger charge is -2.16. The minimum absolute atomic E-state index is 0.0768. The van der Waals surface area contributed by atoms with Crippen LogP contribution in [0.5, 0.6) is 11.5 Å². The third-order valence-corrected chi connectivity index (χ3v) is 6.11. The fraction of sp³-hybridized carbons (Fsp3) is 0.118. The lowest BCUT2D eigenvalue weighted by molar-refractivity contribution is 0.365. The standard InChI is InChI=1S/C17H15NO9S2/c1-8-7-10(15(27-2)14(20)16(8)28(21,22)23)12-13(19)9-5-3-4-6-11(9)18-17(12)29(24,25)26/h3-7,20H,1-2H3,(H,18,19)(H,21,22,23)(H,24,25,26). The summed E-state index contributed by atoms with van der Waals surface area (Å²) in [6.07, 6.45) is 0. The summed E-state index contributed by atoms with van der Waals surface area (Å²) in [4.78, 5) is 14.7. The Morgan fingerprint density at radius 3 is 2.21 bits per heavy atom. The van der Waals surface area contributed by atoms with Crippen molar-refractivity contribution in [3.8, 4) is 22.6 Å². The molecular formula is C17H15NO9S2. The number of phenols is 1. The lowest BCUT2D eigenvalue weighted by atomic mass is 10.0. The number of methoxy groups -OCH3 is 1. The molecule has 0 radical (unpaired) electrons. The molecule has 10 nitrogen and oxygen atoms in total. The van der Waals surface area contributed by atoms with Gasteiger partial charge in [0, 0.05) is 10.9 Å². The Morgan fingerprint density at radius 2 is 1.66 bits per heavy atom. The number of pyridine rings is 1. The maximum absolute atomic E-state index is 13.1. The number of hydrogen-bond acceptors (Lipinski definition) is 7. The lowest BCUT2D eigenvalue weighted by Crippen LogP contribution is -2.16. The summed E-state index contributed by atoms with van der Waals surface area (Å²) in [5.41, 5.74) is -1.74. The third kappa shape index (κ3) is 3.46. The van der Waals surface area contributed by atoms with Gasteiger partial charge in [-0.15, -0.1) is 0 Å². The van der Waals surface area contributed by atoms with E-state index in [-0.39, 0.29) is 22.0 Å². The third-order valence-electron chi connectivity index (χ3n) is 4.26. The van der Waals surface area contributed by atoms with Crippen molar-refractivity contribution in [2.24, 2.45) is 0 Å². The molecule has 154 valence electrons. The minimum atomic E-state index is -4.95. The Balaban J connectivity index is 2.59. The number of aromatic hydroxyl groups is 1. The normalized spacial score (nSPS) is 12.3. The van der Waals surface area contributed by atoms with E-state index in [1.165, 1.54) is 25.1 Å². The van der Waals surface area contributed by atoms with Crippen LogP contribution >= 0.6 is 0 Å². The molecule has 0 saturated heterocycles. The van der Waals surface area contributed by atoms with Gasteiger partial charge in [-0.1, -0.05) is 12.1 Å². The minimum Gasteiger partial charge on any atom is -0.503 e. The van der Waals surface area contributed by atoms with Crippen molar-refractivity contribution in [2.45, 2.75) is 16.8 Å². The zero-order chi connectivity index (χ0) is 21.7. The highest BCUT2D eigenvalue weighted by atomic mass is 32.2. The van der Waals surface area contributed by atoms with Crippen LogP contribution in [0.15, 0.2) is 45.0 Å². The zero-order valence-corrected chi connectivity index (χ0v) is 16.6. The van der Waals surface area contributed by atoms with Crippen molar-refractivity contribution in [3.63, 3.8) is 0 Å². The maximum atomic E-state index is 13.1. The molecular weight excluding hydrogens is 426 g/mol. The van der Waals surface area contributed by atoms with Gasteiger partial charge in [0.05, 0.1) is 18.2 Å². The number of ether oxygens (including phenoxy) is 1. The van der Waals surface area contributed by atoms with Crippen LogP contribution in [0, 0.1) is 6.92 Å². The number of nitrogens with one attached hydrogen (secondary N) is 1. The molecule has 3 rings (SSSR count). The molecule has 29 heavy (non-hydrogen) atoms. The summed E-state index contributed by atoms with van der Waals surface area (Å²) in [5, 5.41) is 9.57. The van der Waals surface area contributed by atoms with E-state index < -0.39 is 52.6 Å². The van der Waals surface area contributed by atoms with Crippen LogP contribution in [0.2, 0.25) is 0 Å². The molecule has 3 aromatic rings. The number of rotatable bonds is 4. The molecule has 0 saturated carbocycles. The van der Waals surface area contributed by atoms with E-state index in [2.05, 4.69) is 4.98 Å². The predicted molar refractivity (Wildman–Crippen MR) is 103 cm³/mol. The van der Waals surface area contributed by atoms with Crippen molar-refractivity contribution < 1.29 is 35.8 Å². The number of fused-ring (bicyclic) bond motifs is 1. The molecule has 0 bridgehead atoms.